The van der Waals surface area contributed by atoms with E-state index in [1.807, 2.05) is 6.92 Å². The third-order valence-electron chi connectivity index (χ3n) is 3.94. The zero-order valence-corrected chi connectivity index (χ0v) is 13.7. The SMILES string of the molecule is CC[C@@H](Sc1ncnc2sc3c(c12)CC[C@H](C)C3)C(=O)[O-]. The van der Waals surface area contributed by atoms with Crippen LogP contribution in [0.3, 0.4) is 0 Å². The first-order valence-corrected chi connectivity index (χ1v) is 8.92. The summed E-state index contributed by atoms with van der Waals surface area (Å²) in [5.41, 5.74) is 1.34. The van der Waals surface area contributed by atoms with Crippen molar-refractivity contribution in [2.75, 3.05) is 0 Å². The van der Waals surface area contributed by atoms with Crippen molar-refractivity contribution in [3.05, 3.63) is 16.8 Å². The highest BCUT2D eigenvalue weighted by Crippen LogP contribution is 2.41. The number of aliphatic carboxylic acids is 1. The zero-order valence-electron chi connectivity index (χ0n) is 12.1. The van der Waals surface area contributed by atoms with E-state index in [9.17, 15) is 9.90 Å². The second-order valence-corrected chi connectivity index (χ2v) is 7.82. The number of fused-ring (bicyclic) bond motifs is 3. The van der Waals surface area contributed by atoms with E-state index in [0.717, 1.165) is 28.1 Å². The fraction of sp³-hybridized carbons (Fsp3) is 0.533. The maximum atomic E-state index is 11.2. The maximum absolute atomic E-state index is 11.2. The topological polar surface area (TPSA) is 65.9 Å². The zero-order chi connectivity index (χ0) is 15.0. The summed E-state index contributed by atoms with van der Waals surface area (Å²) in [4.78, 5) is 22.3. The molecular formula is C15H17N2O2S2-. The van der Waals surface area contributed by atoms with Gasteiger partial charge in [0.1, 0.15) is 16.2 Å². The molecule has 0 bridgehead atoms. The summed E-state index contributed by atoms with van der Waals surface area (Å²) >= 11 is 3.03. The van der Waals surface area contributed by atoms with Crippen LogP contribution in [0.15, 0.2) is 11.4 Å². The van der Waals surface area contributed by atoms with Crippen LogP contribution in [0.25, 0.3) is 10.2 Å². The molecule has 0 fully saturated rings. The van der Waals surface area contributed by atoms with Crippen LogP contribution < -0.4 is 5.11 Å². The first-order chi connectivity index (χ1) is 10.1. The molecule has 0 radical (unpaired) electrons. The van der Waals surface area contributed by atoms with Gasteiger partial charge in [0.25, 0.3) is 0 Å². The second kappa shape index (κ2) is 5.93. The van der Waals surface area contributed by atoms with Crippen LogP contribution in [0.5, 0.6) is 0 Å². The Hall–Kier alpha value is -1.14. The van der Waals surface area contributed by atoms with E-state index in [2.05, 4.69) is 16.9 Å². The van der Waals surface area contributed by atoms with E-state index >= 15 is 0 Å². The van der Waals surface area contributed by atoms with Gasteiger partial charge in [-0.3, -0.25) is 0 Å². The highest BCUT2D eigenvalue weighted by molar-refractivity contribution is 8.00. The van der Waals surface area contributed by atoms with Gasteiger partial charge < -0.3 is 9.90 Å². The van der Waals surface area contributed by atoms with Crippen molar-refractivity contribution < 1.29 is 9.90 Å². The van der Waals surface area contributed by atoms with E-state index in [1.54, 1.807) is 11.3 Å². The van der Waals surface area contributed by atoms with E-state index in [-0.39, 0.29) is 0 Å². The first-order valence-electron chi connectivity index (χ1n) is 7.22. The number of carbonyl (C=O) groups excluding carboxylic acids is 1. The molecule has 1 aliphatic rings. The Bertz CT molecular complexity index is 684. The molecule has 2 heterocycles. The molecule has 112 valence electrons. The number of thiophene rings is 1. The largest absolute Gasteiger partial charge is 0.549 e. The minimum Gasteiger partial charge on any atom is -0.549 e. The molecule has 6 heteroatoms. The third kappa shape index (κ3) is 2.79. The minimum atomic E-state index is -1.02. The van der Waals surface area contributed by atoms with E-state index < -0.39 is 11.2 Å². The van der Waals surface area contributed by atoms with Crippen LogP contribution in [-0.4, -0.2) is 21.2 Å². The van der Waals surface area contributed by atoms with Crippen molar-refractivity contribution in [1.82, 2.24) is 9.97 Å². The number of carbonyl (C=O) groups is 1. The summed E-state index contributed by atoms with van der Waals surface area (Å²) in [5.74, 6) is -0.312. The molecule has 2 atom stereocenters. The smallest absolute Gasteiger partial charge is 0.128 e. The average molecular weight is 321 g/mol. The number of hydrogen-bond acceptors (Lipinski definition) is 6. The molecule has 2 aromatic heterocycles. The van der Waals surface area contributed by atoms with E-state index in [1.165, 1.54) is 35.0 Å². The van der Waals surface area contributed by atoms with Gasteiger partial charge in [0.15, 0.2) is 0 Å². The lowest BCUT2D eigenvalue weighted by Crippen LogP contribution is -2.33. The molecule has 21 heavy (non-hydrogen) atoms. The van der Waals surface area contributed by atoms with Crippen LogP contribution in [0.4, 0.5) is 0 Å². The number of aryl methyl sites for hydroxylation is 1. The normalized spacial score (nSPS) is 19.4. The van der Waals surface area contributed by atoms with Crippen LogP contribution >= 0.6 is 23.1 Å². The Balaban J connectivity index is 2.05. The van der Waals surface area contributed by atoms with Crippen molar-refractivity contribution in [3.8, 4) is 0 Å². The van der Waals surface area contributed by atoms with Crippen LogP contribution in [0, 0.1) is 5.92 Å². The highest BCUT2D eigenvalue weighted by atomic mass is 32.2. The molecule has 0 spiro atoms. The van der Waals surface area contributed by atoms with Crippen LogP contribution in [0.1, 0.15) is 37.1 Å². The van der Waals surface area contributed by atoms with Crippen molar-refractivity contribution in [3.63, 3.8) is 0 Å². The summed E-state index contributed by atoms with van der Waals surface area (Å²) in [6.07, 6.45) is 5.38. The van der Waals surface area contributed by atoms with Crippen molar-refractivity contribution in [2.45, 2.75) is 49.8 Å². The third-order valence-corrected chi connectivity index (χ3v) is 6.45. The number of aromatic nitrogens is 2. The van der Waals surface area contributed by atoms with Gasteiger partial charge >= 0.3 is 0 Å². The van der Waals surface area contributed by atoms with Gasteiger partial charge in [0.2, 0.25) is 0 Å². The lowest BCUT2D eigenvalue weighted by Gasteiger charge is -2.19. The number of thioether (sulfide) groups is 1. The van der Waals surface area contributed by atoms with Gasteiger partial charge in [0, 0.05) is 10.3 Å². The first kappa shape index (κ1) is 14.8. The van der Waals surface area contributed by atoms with Crippen LogP contribution in [-0.2, 0) is 17.6 Å². The Labute approximate surface area is 132 Å². The molecule has 0 N–H and O–H groups in total. The number of hydrogen-bond donors (Lipinski definition) is 0. The molecule has 0 amide bonds. The highest BCUT2D eigenvalue weighted by Gasteiger charge is 2.24. The lowest BCUT2D eigenvalue weighted by molar-refractivity contribution is -0.304. The summed E-state index contributed by atoms with van der Waals surface area (Å²) < 4.78 is 0. The quantitative estimate of drug-likeness (QED) is 0.639. The summed E-state index contributed by atoms with van der Waals surface area (Å²) in [6.45, 7) is 4.13. The Morgan fingerprint density at radius 2 is 2.38 bits per heavy atom. The van der Waals surface area contributed by atoms with Crippen molar-refractivity contribution in [1.29, 1.82) is 0 Å². The number of carboxylic acids is 1. The standard InChI is InChI=1S/C15H18N2O2S2/c1-3-10(15(18)19)20-13-12-9-5-4-8(2)6-11(9)21-14(12)17-7-16-13/h7-8,10H,3-6H2,1-2H3,(H,18,19)/p-1/t8-,10+/m0/s1. The fourth-order valence-electron chi connectivity index (χ4n) is 2.77. The number of carboxylic acid groups (broad SMARTS) is 1. The molecule has 0 saturated carbocycles. The Morgan fingerprint density at radius 3 is 3.10 bits per heavy atom. The summed E-state index contributed by atoms with van der Waals surface area (Å²) in [6, 6.07) is 0. The molecule has 0 aromatic carbocycles. The summed E-state index contributed by atoms with van der Waals surface area (Å²) in [5, 5.41) is 12.5. The molecule has 0 aliphatic heterocycles. The monoisotopic (exact) mass is 321 g/mol. The van der Waals surface area contributed by atoms with E-state index in [4.69, 9.17) is 0 Å². The molecule has 3 rings (SSSR count). The molecular weight excluding hydrogens is 304 g/mol. The molecule has 1 aliphatic carbocycles. The van der Waals surface area contributed by atoms with Gasteiger partial charge in [-0.25, -0.2) is 9.97 Å². The van der Waals surface area contributed by atoms with Gasteiger partial charge in [-0.1, -0.05) is 25.6 Å². The van der Waals surface area contributed by atoms with Crippen molar-refractivity contribution in [2.24, 2.45) is 5.92 Å². The maximum Gasteiger partial charge on any atom is 0.128 e. The molecule has 2 aromatic rings. The lowest BCUT2D eigenvalue weighted by atomic mass is 9.89. The van der Waals surface area contributed by atoms with Gasteiger partial charge in [0.05, 0.1) is 11.2 Å². The molecule has 0 unspecified atom stereocenters. The summed E-state index contributed by atoms with van der Waals surface area (Å²) in [7, 11) is 0. The number of nitrogens with zero attached hydrogens (tertiary/aromatic N) is 2. The predicted octanol–water partition coefficient (Wildman–Crippen LogP) is 2.44. The van der Waals surface area contributed by atoms with Crippen molar-refractivity contribution >= 4 is 39.3 Å². The predicted molar refractivity (Wildman–Crippen MR) is 83.5 cm³/mol. The molecule has 4 nitrogen and oxygen atoms in total. The van der Waals surface area contributed by atoms with Crippen LogP contribution in [0.2, 0.25) is 0 Å². The Kier molecular flexibility index (Phi) is 4.17. The van der Waals surface area contributed by atoms with Gasteiger partial charge in [-0.05, 0) is 37.2 Å². The number of rotatable bonds is 4. The Morgan fingerprint density at radius 1 is 1.57 bits per heavy atom. The second-order valence-electron chi connectivity index (χ2n) is 5.54. The van der Waals surface area contributed by atoms with E-state index in [0.29, 0.717) is 12.3 Å². The van der Waals surface area contributed by atoms with Gasteiger partial charge in [-0.2, -0.15) is 0 Å². The minimum absolute atomic E-state index is 0.530. The molecule has 0 saturated heterocycles. The fourth-order valence-corrected chi connectivity index (χ4v) is 5.16. The average Bonchev–Trinajstić information content (AvgIpc) is 2.82. The van der Waals surface area contributed by atoms with Gasteiger partial charge in [-0.15, -0.1) is 11.3 Å².